The van der Waals surface area contributed by atoms with Crippen molar-refractivity contribution in [3.05, 3.63) is 59.2 Å². The molecule has 104 valence electrons. The van der Waals surface area contributed by atoms with Crippen LogP contribution in [0.25, 0.3) is 0 Å². The largest absolute Gasteiger partial charge is 0.369 e. The number of nitrogens with two attached hydrogens (primary N) is 2. The Bertz CT molecular complexity index is 631. The molecular formula is C16H18N2O2. The molecule has 1 aliphatic rings. The van der Waals surface area contributed by atoms with Crippen LogP contribution in [0.3, 0.4) is 0 Å². The van der Waals surface area contributed by atoms with Crippen LogP contribution in [-0.4, -0.2) is 11.8 Å². The van der Waals surface area contributed by atoms with E-state index in [2.05, 4.69) is 0 Å². The van der Waals surface area contributed by atoms with E-state index >= 15 is 0 Å². The number of allylic oxidation sites excluding steroid dienone is 2. The number of amides is 2. The fraction of sp³-hybridized carbons (Fsp3) is 0.250. The zero-order valence-electron chi connectivity index (χ0n) is 11.6. The Morgan fingerprint density at radius 1 is 1.15 bits per heavy atom. The number of benzene rings is 1. The minimum absolute atomic E-state index is 0.565. The molecule has 0 heterocycles. The van der Waals surface area contributed by atoms with Crippen molar-refractivity contribution in [2.24, 2.45) is 17.4 Å². The predicted octanol–water partition coefficient (Wildman–Crippen LogP) is 1.25. The Morgan fingerprint density at radius 2 is 1.85 bits per heavy atom. The summed E-state index contributed by atoms with van der Waals surface area (Å²) in [6.45, 7) is 3.87. The quantitative estimate of drug-likeness (QED) is 0.866. The number of rotatable bonds is 3. The van der Waals surface area contributed by atoms with Gasteiger partial charge in [0.05, 0.1) is 5.92 Å². The van der Waals surface area contributed by atoms with E-state index in [1.807, 2.05) is 32.0 Å². The summed E-state index contributed by atoms with van der Waals surface area (Å²) in [5.41, 5.74) is 12.6. The second-order valence-electron chi connectivity index (χ2n) is 5.18. The molecule has 0 aliphatic heterocycles. The van der Waals surface area contributed by atoms with Gasteiger partial charge in [0.15, 0.2) is 0 Å². The molecule has 0 spiro atoms. The highest BCUT2D eigenvalue weighted by molar-refractivity contribution is 5.97. The van der Waals surface area contributed by atoms with Crippen LogP contribution >= 0.6 is 0 Å². The molecular weight excluding hydrogens is 252 g/mol. The first-order valence-corrected chi connectivity index (χ1v) is 6.42. The van der Waals surface area contributed by atoms with E-state index in [9.17, 15) is 9.59 Å². The van der Waals surface area contributed by atoms with Crippen LogP contribution in [0.5, 0.6) is 0 Å². The minimum Gasteiger partial charge on any atom is -0.369 e. The molecule has 2 amide bonds. The van der Waals surface area contributed by atoms with Gasteiger partial charge in [0.1, 0.15) is 5.41 Å². The molecule has 0 saturated carbocycles. The van der Waals surface area contributed by atoms with Crippen LogP contribution in [0.1, 0.15) is 16.7 Å². The average molecular weight is 270 g/mol. The molecule has 1 aromatic rings. The van der Waals surface area contributed by atoms with Crippen LogP contribution in [0, 0.1) is 19.8 Å². The zero-order valence-corrected chi connectivity index (χ0v) is 11.6. The smallest absolute Gasteiger partial charge is 0.233 e. The lowest BCUT2D eigenvalue weighted by Gasteiger charge is -2.35. The summed E-state index contributed by atoms with van der Waals surface area (Å²) >= 11 is 0. The molecule has 0 radical (unpaired) electrons. The first kappa shape index (κ1) is 14.1. The van der Waals surface area contributed by atoms with E-state index in [1.165, 1.54) is 0 Å². The van der Waals surface area contributed by atoms with Crippen molar-refractivity contribution in [2.75, 3.05) is 0 Å². The van der Waals surface area contributed by atoms with Gasteiger partial charge in [-0.05, 0) is 25.0 Å². The fourth-order valence-corrected chi connectivity index (χ4v) is 2.86. The Labute approximate surface area is 118 Å². The van der Waals surface area contributed by atoms with Crippen LogP contribution in [-0.2, 0) is 15.0 Å². The molecule has 2 unspecified atom stereocenters. The van der Waals surface area contributed by atoms with Crippen LogP contribution in [0.4, 0.5) is 0 Å². The monoisotopic (exact) mass is 270 g/mol. The summed E-state index contributed by atoms with van der Waals surface area (Å²) in [5, 5.41) is 0. The van der Waals surface area contributed by atoms with Gasteiger partial charge < -0.3 is 11.5 Å². The number of primary amides is 2. The lowest BCUT2D eigenvalue weighted by Crippen LogP contribution is -2.51. The second kappa shape index (κ2) is 4.96. The highest BCUT2D eigenvalue weighted by Gasteiger charge is 2.47. The number of aryl methyl sites for hydroxylation is 2. The van der Waals surface area contributed by atoms with Crippen molar-refractivity contribution >= 4 is 11.8 Å². The van der Waals surface area contributed by atoms with Gasteiger partial charge in [-0.15, -0.1) is 0 Å². The molecule has 0 bridgehead atoms. The first-order chi connectivity index (χ1) is 9.39. The van der Waals surface area contributed by atoms with Gasteiger partial charge in [0, 0.05) is 0 Å². The minimum atomic E-state index is -1.21. The number of hydrogen-bond acceptors (Lipinski definition) is 2. The third-order valence-electron chi connectivity index (χ3n) is 3.81. The summed E-state index contributed by atoms with van der Waals surface area (Å²) in [5.74, 6) is -1.91. The topological polar surface area (TPSA) is 86.2 Å². The van der Waals surface area contributed by atoms with Crippen LogP contribution in [0.15, 0.2) is 42.5 Å². The van der Waals surface area contributed by atoms with Gasteiger partial charge in [-0.1, -0.05) is 48.1 Å². The maximum atomic E-state index is 12.2. The van der Waals surface area contributed by atoms with Crippen molar-refractivity contribution in [3.8, 4) is 0 Å². The van der Waals surface area contributed by atoms with Crippen molar-refractivity contribution in [1.82, 2.24) is 0 Å². The average Bonchev–Trinajstić information content (AvgIpc) is 2.38. The number of carbonyl (C=O) groups is 2. The Morgan fingerprint density at radius 3 is 2.40 bits per heavy atom. The summed E-state index contributed by atoms with van der Waals surface area (Å²) in [6, 6.07) is 5.70. The normalized spacial score (nSPS) is 24.6. The molecule has 1 aliphatic carbocycles. The highest BCUT2D eigenvalue weighted by Crippen LogP contribution is 2.39. The van der Waals surface area contributed by atoms with Gasteiger partial charge in [0.25, 0.3) is 0 Å². The van der Waals surface area contributed by atoms with Crippen molar-refractivity contribution in [3.63, 3.8) is 0 Å². The predicted molar refractivity (Wildman–Crippen MR) is 77.8 cm³/mol. The molecule has 4 heteroatoms. The summed E-state index contributed by atoms with van der Waals surface area (Å²) in [7, 11) is 0. The number of carbonyl (C=O) groups excluding carboxylic acids is 2. The summed E-state index contributed by atoms with van der Waals surface area (Å²) in [4.78, 5) is 23.9. The SMILES string of the molecule is Cc1ccc(C2(C(N)=O)C=CC=CC2C(N)=O)c(C)c1. The van der Waals surface area contributed by atoms with E-state index in [4.69, 9.17) is 11.5 Å². The highest BCUT2D eigenvalue weighted by atomic mass is 16.2. The fourth-order valence-electron chi connectivity index (χ4n) is 2.86. The van der Waals surface area contributed by atoms with Crippen molar-refractivity contribution < 1.29 is 9.59 Å². The van der Waals surface area contributed by atoms with E-state index in [-0.39, 0.29) is 0 Å². The lowest BCUT2D eigenvalue weighted by atomic mass is 9.66. The third-order valence-corrected chi connectivity index (χ3v) is 3.81. The lowest BCUT2D eigenvalue weighted by molar-refractivity contribution is -0.130. The Hall–Kier alpha value is -2.36. The molecule has 0 fully saturated rings. The van der Waals surface area contributed by atoms with E-state index in [0.717, 1.165) is 16.7 Å². The summed E-state index contributed by atoms with van der Waals surface area (Å²) in [6.07, 6.45) is 6.73. The molecule has 2 rings (SSSR count). The van der Waals surface area contributed by atoms with E-state index < -0.39 is 23.1 Å². The molecule has 1 aromatic carbocycles. The van der Waals surface area contributed by atoms with Crippen LogP contribution < -0.4 is 11.5 Å². The van der Waals surface area contributed by atoms with E-state index in [1.54, 1.807) is 24.3 Å². The van der Waals surface area contributed by atoms with Crippen molar-refractivity contribution in [1.29, 1.82) is 0 Å². The molecule has 4 N–H and O–H groups in total. The second-order valence-corrected chi connectivity index (χ2v) is 5.18. The van der Waals surface area contributed by atoms with Gasteiger partial charge >= 0.3 is 0 Å². The Balaban J connectivity index is 2.72. The molecule has 0 aromatic heterocycles. The Kier molecular flexibility index (Phi) is 3.49. The molecule has 20 heavy (non-hydrogen) atoms. The van der Waals surface area contributed by atoms with Crippen LogP contribution in [0.2, 0.25) is 0 Å². The van der Waals surface area contributed by atoms with Crippen molar-refractivity contribution in [2.45, 2.75) is 19.3 Å². The van der Waals surface area contributed by atoms with Gasteiger partial charge in [-0.25, -0.2) is 0 Å². The molecule has 4 nitrogen and oxygen atoms in total. The van der Waals surface area contributed by atoms with Gasteiger partial charge in [0.2, 0.25) is 11.8 Å². The molecule has 0 saturated heterocycles. The van der Waals surface area contributed by atoms with Gasteiger partial charge in [-0.2, -0.15) is 0 Å². The third kappa shape index (κ3) is 2.03. The zero-order chi connectivity index (χ0) is 14.9. The maximum absolute atomic E-state index is 12.2. The van der Waals surface area contributed by atoms with Gasteiger partial charge in [-0.3, -0.25) is 9.59 Å². The summed E-state index contributed by atoms with van der Waals surface area (Å²) < 4.78 is 0. The van der Waals surface area contributed by atoms with E-state index in [0.29, 0.717) is 0 Å². The standard InChI is InChI=1S/C16H18N2O2/c1-10-6-7-12(11(2)9-10)16(15(18)20)8-4-3-5-13(16)14(17)19/h3-9,13H,1-2H3,(H2,17,19)(H2,18,20). The maximum Gasteiger partial charge on any atom is 0.233 e. The molecule has 2 atom stereocenters. The number of hydrogen-bond donors (Lipinski definition) is 2. The first-order valence-electron chi connectivity index (χ1n) is 6.42.